The number of aliphatic hydroxyl groups excluding tert-OH is 1. The van der Waals surface area contributed by atoms with E-state index in [9.17, 15) is 19.8 Å². The van der Waals surface area contributed by atoms with Crippen LogP contribution in [0.25, 0.3) is 11.2 Å². The SMILES string of the molecule is CC(C)c1cc(C(O)CNCCCn2cnc3c2c(=O)n(C)c(=O)n3C)cc(C(C)C)c1O. The third kappa shape index (κ3) is 4.89. The summed E-state index contributed by atoms with van der Waals surface area (Å²) in [5.41, 5.74) is 2.51. The summed E-state index contributed by atoms with van der Waals surface area (Å²) in [6.45, 7) is 9.67. The van der Waals surface area contributed by atoms with Crippen LogP contribution in [-0.4, -0.2) is 42.0 Å². The van der Waals surface area contributed by atoms with Crippen molar-refractivity contribution in [2.24, 2.45) is 14.1 Å². The molecule has 1 unspecified atom stereocenters. The van der Waals surface area contributed by atoms with E-state index in [0.717, 1.165) is 21.3 Å². The van der Waals surface area contributed by atoms with Crippen LogP contribution in [0.15, 0.2) is 28.0 Å². The lowest BCUT2D eigenvalue weighted by atomic mass is 9.90. The number of imidazole rings is 1. The van der Waals surface area contributed by atoms with E-state index in [1.807, 2.05) is 39.8 Å². The first kappa shape index (κ1) is 24.7. The van der Waals surface area contributed by atoms with Gasteiger partial charge in [-0.3, -0.25) is 13.9 Å². The number of benzene rings is 1. The Morgan fingerprint density at radius 1 is 1.03 bits per heavy atom. The maximum Gasteiger partial charge on any atom is 0.332 e. The molecule has 3 N–H and O–H groups in total. The molecule has 3 rings (SSSR count). The zero-order valence-electron chi connectivity index (χ0n) is 20.3. The molecule has 0 fully saturated rings. The molecular weight excluding hydrogens is 422 g/mol. The molecule has 0 bridgehead atoms. The molecule has 0 radical (unpaired) electrons. The Hall–Kier alpha value is -2.91. The summed E-state index contributed by atoms with van der Waals surface area (Å²) < 4.78 is 4.22. The quantitative estimate of drug-likeness (QED) is 0.424. The minimum Gasteiger partial charge on any atom is -0.507 e. The summed E-state index contributed by atoms with van der Waals surface area (Å²) in [5, 5.41) is 24.6. The van der Waals surface area contributed by atoms with E-state index in [-0.39, 0.29) is 17.4 Å². The number of aliphatic hydroxyl groups is 1. The molecule has 0 aliphatic heterocycles. The van der Waals surface area contributed by atoms with Gasteiger partial charge in [-0.05, 0) is 53.6 Å². The Kier molecular flexibility index (Phi) is 7.44. The van der Waals surface area contributed by atoms with Crippen molar-refractivity contribution in [3.05, 3.63) is 56.0 Å². The van der Waals surface area contributed by atoms with Gasteiger partial charge in [-0.2, -0.15) is 0 Å². The molecule has 0 saturated heterocycles. The van der Waals surface area contributed by atoms with Crippen LogP contribution in [-0.2, 0) is 20.6 Å². The monoisotopic (exact) mass is 457 g/mol. The highest BCUT2D eigenvalue weighted by Gasteiger charge is 2.18. The number of aromatic hydroxyl groups is 1. The van der Waals surface area contributed by atoms with Gasteiger partial charge < -0.3 is 20.1 Å². The molecule has 9 heteroatoms. The maximum atomic E-state index is 12.5. The van der Waals surface area contributed by atoms with Gasteiger partial charge in [0.15, 0.2) is 11.2 Å². The minimum atomic E-state index is -0.698. The Balaban J connectivity index is 1.63. The van der Waals surface area contributed by atoms with E-state index in [1.54, 1.807) is 17.9 Å². The Bertz CT molecular complexity index is 1220. The Labute approximate surface area is 193 Å². The number of phenols is 1. The number of aromatic nitrogens is 4. The second-order valence-corrected chi connectivity index (χ2v) is 9.25. The number of nitrogens with one attached hydrogen (secondary N) is 1. The summed E-state index contributed by atoms with van der Waals surface area (Å²) in [7, 11) is 3.06. The zero-order valence-corrected chi connectivity index (χ0v) is 20.3. The van der Waals surface area contributed by atoms with Crippen LogP contribution < -0.4 is 16.6 Å². The summed E-state index contributed by atoms with van der Waals surface area (Å²) in [6, 6.07) is 3.77. The highest BCUT2D eigenvalue weighted by Crippen LogP contribution is 2.36. The molecule has 3 aromatic rings. The molecule has 2 aromatic heterocycles. The van der Waals surface area contributed by atoms with Crippen molar-refractivity contribution >= 4 is 11.2 Å². The summed E-state index contributed by atoms with van der Waals surface area (Å²) in [4.78, 5) is 28.8. The number of fused-ring (bicyclic) bond motifs is 1. The average Bonchev–Trinajstić information content (AvgIpc) is 3.19. The molecule has 9 nitrogen and oxygen atoms in total. The largest absolute Gasteiger partial charge is 0.507 e. The van der Waals surface area contributed by atoms with Crippen LogP contribution in [0.3, 0.4) is 0 Å². The molecule has 0 aliphatic carbocycles. The standard InChI is InChI=1S/C24H35N5O4/c1-14(2)17-10-16(11-18(15(3)4)21(17)31)19(30)12-25-8-7-9-29-13-26-22-20(29)23(32)28(6)24(33)27(22)5/h10-11,13-15,19,25,30-31H,7-9,12H2,1-6H3. The van der Waals surface area contributed by atoms with Gasteiger partial charge in [0, 0.05) is 27.2 Å². The predicted octanol–water partition coefficient (Wildman–Crippen LogP) is 2.10. The van der Waals surface area contributed by atoms with Gasteiger partial charge in [0.1, 0.15) is 5.75 Å². The topological polar surface area (TPSA) is 114 Å². The van der Waals surface area contributed by atoms with Gasteiger partial charge in [-0.1, -0.05) is 27.7 Å². The van der Waals surface area contributed by atoms with Gasteiger partial charge in [-0.15, -0.1) is 0 Å². The van der Waals surface area contributed by atoms with Gasteiger partial charge in [0.25, 0.3) is 5.56 Å². The van der Waals surface area contributed by atoms with Crippen LogP contribution in [0.2, 0.25) is 0 Å². The smallest absolute Gasteiger partial charge is 0.332 e. The van der Waals surface area contributed by atoms with Crippen molar-refractivity contribution in [1.82, 2.24) is 24.0 Å². The first-order chi connectivity index (χ1) is 15.5. The van der Waals surface area contributed by atoms with Crippen molar-refractivity contribution in [1.29, 1.82) is 0 Å². The number of rotatable bonds is 9. The minimum absolute atomic E-state index is 0.153. The lowest BCUT2D eigenvalue weighted by Gasteiger charge is -2.20. The van der Waals surface area contributed by atoms with Crippen LogP contribution in [0.1, 0.15) is 68.7 Å². The fourth-order valence-electron chi connectivity index (χ4n) is 4.07. The van der Waals surface area contributed by atoms with Crippen molar-refractivity contribution in [2.45, 2.75) is 58.6 Å². The van der Waals surface area contributed by atoms with E-state index in [4.69, 9.17) is 0 Å². The third-order valence-corrected chi connectivity index (χ3v) is 6.13. The highest BCUT2D eigenvalue weighted by molar-refractivity contribution is 5.69. The van der Waals surface area contributed by atoms with E-state index < -0.39 is 11.8 Å². The van der Waals surface area contributed by atoms with Gasteiger partial charge >= 0.3 is 5.69 Å². The molecular formula is C24H35N5O4. The van der Waals surface area contributed by atoms with E-state index in [0.29, 0.717) is 43.0 Å². The van der Waals surface area contributed by atoms with E-state index in [2.05, 4.69) is 10.3 Å². The second-order valence-electron chi connectivity index (χ2n) is 9.25. The van der Waals surface area contributed by atoms with Crippen molar-refractivity contribution < 1.29 is 10.2 Å². The van der Waals surface area contributed by atoms with Crippen LogP contribution in [0.5, 0.6) is 5.75 Å². The van der Waals surface area contributed by atoms with Crippen molar-refractivity contribution in [3.8, 4) is 5.75 Å². The lowest BCUT2D eigenvalue weighted by molar-refractivity contribution is 0.174. The average molecular weight is 458 g/mol. The molecule has 1 atom stereocenters. The van der Waals surface area contributed by atoms with Crippen LogP contribution in [0, 0.1) is 0 Å². The van der Waals surface area contributed by atoms with Crippen molar-refractivity contribution in [3.63, 3.8) is 0 Å². The van der Waals surface area contributed by atoms with E-state index in [1.165, 1.54) is 11.6 Å². The second kappa shape index (κ2) is 9.93. The Morgan fingerprint density at radius 3 is 2.21 bits per heavy atom. The molecule has 180 valence electrons. The van der Waals surface area contributed by atoms with Crippen molar-refractivity contribution in [2.75, 3.05) is 13.1 Å². The lowest BCUT2D eigenvalue weighted by Crippen LogP contribution is -2.37. The number of phenolic OH excluding ortho intramolecular Hbond substituents is 1. The Morgan fingerprint density at radius 2 is 1.64 bits per heavy atom. The molecule has 0 spiro atoms. The summed E-state index contributed by atoms with van der Waals surface area (Å²) >= 11 is 0. The summed E-state index contributed by atoms with van der Waals surface area (Å²) in [5.74, 6) is 0.625. The highest BCUT2D eigenvalue weighted by atomic mass is 16.3. The predicted molar refractivity (Wildman–Crippen MR) is 129 cm³/mol. The molecule has 2 heterocycles. The maximum absolute atomic E-state index is 12.5. The number of aryl methyl sites for hydroxylation is 2. The zero-order chi connectivity index (χ0) is 24.4. The van der Waals surface area contributed by atoms with Gasteiger partial charge in [0.2, 0.25) is 0 Å². The first-order valence-corrected chi connectivity index (χ1v) is 11.4. The number of hydrogen-bond acceptors (Lipinski definition) is 6. The molecule has 0 amide bonds. The van der Waals surface area contributed by atoms with Gasteiger partial charge in [-0.25, -0.2) is 9.78 Å². The first-order valence-electron chi connectivity index (χ1n) is 11.4. The third-order valence-electron chi connectivity index (χ3n) is 6.13. The molecule has 33 heavy (non-hydrogen) atoms. The summed E-state index contributed by atoms with van der Waals surface area (Å²) in [6.07, 6.45) is 1.60. The fraction of sp³-hybridized carbons (Fsp3) is 0.542. The van der Waals surface area contributed by atoms with Crippen LogP contribution >= 0.6 is 0 Å². The molecule has 0 saturated carbocycles. The fourth-order valence-corrected chi connectivity index (χ4v) is 4.07. The van der Waals surface area contributed by atoms with Gasteiger partial charge in [0.05, 0.1) is 12.4 Å². The normalized spacial score (nSPS) is 12.9. The molecule has 1 aromatic carbocycles. The number of hydrogen-bond donors (Lipinski definition) is 3. The number of nitrogens with zero attached hydrogens (tertiary/aromatic N) is 4. The van der Waals surface area contributed by atoms with E-state index >= 15 is 0 Å². The van der Waals surface area contributed by atoms with Crippen LogP contribution in [0.4, 0.5) is 0 Å². The molecule has 0 aliphatic rings.